The van der Waals surface area contributed by atoms with Crippen molar-refractivity contribution in [2.75, 3.05) is 18.1 Å². The average Bonchev–Trinajstić information content (AvgIpc) is 2.59. The summed E-state index contributed by atoms with van der Waals surface area (Å²) in [6.45, 7) is 5.33. The van der Waals surface area contributed by atoms with Gasteiger partial charge in [-0.1, -0.05) is 13.8 Å². The normalized spacial score (nSPS) is 13.1. The van der Waals surface area contributed by atoms with Crippen molar-refractivity contribution in [1.29, 1.82) is 0 Å². The minimum Gasteiger partial charge on any atom is -0.308 e. The molecule has 0 aliphatic heterocycles. The van der Waals surface area contributed by atoms with Crippen LogP contribution >= 0.6 is 11.8 Å². The van der Waals surface area contributed by atoms with Crippen LogP contribution in [0.4, 0.5) is 0 Å². The molecule has 0 aliphatic rings. The highest BCUT2D eigenvalue weighted by Gasteiger charge is 2.12. The van der Waals surface area contributed by atoms with E-state index in [0.29, 0.717) is 6.04 Å². The van der Waals surface area contributed by atoms with Gasteiger partial charge in [0.2, 0.25) is 0 Å². The van der Waals surface area contributed by atoms with Crippen LogP contribution in [0.25, 0.3) is 0 Å². The summed E-state index contributed by atoms with van der Waals surface area (Å²) in [5.41, 5.74) is 1.27. The summed E-state index contributed by atoms with van der Waals surface area (Å²) < 4.78 is 1.95. The fourth-order valence-corrected chi connectivity index (χ4v) is 2.22. The largest absolute Gasteiger partial charge is 0.308 e. The summed E-state index contributed by atoms with van der Waals surface area (Å²) in [6.07, 6.45) is 1.86. The molecule has 1 aromatic rings. The van der Waals surface area contributed by atoms with Gasteiger partial charge in [0.25, 0.3) is 0 Å². The van der Waals surface area contributed by atoms with Crippen molar-refractivity contribution in [1.82, 2.24) is 15.1 Å². The van der Waals surface area contributed by atoms with Gasteiger partial charge in [-0.2, -0.15) is 16.9 Å². The second-order valence-corrected chi connectivity index (χ2v) is 4.47. The van der Waals surface area contributed by atoms with Crippen molar-refractivity contribution in [3.8, 4) is 0 Å². The Balaban J connectivity index is 2.62. The highest BCUT2D eigenvalue weighted by molar-refractivity contribution is 7.99. The standard InChI is InChI=1S/C10H19N3S/c1-4-11-9(8-14-5-2)10-6-7-12-13(10)3/h6-7,9,11H,4-5,8H2,1-3H3. The number of hydrogen-bond donors (Lipinski definition) is 1. The predicted octanol–water partition coefficient (Wildman–Crippen LogP) is 1.82. The lowest BCUT2D eigenvalue weighted by Crippen LogP contribution is -2.25. The van der Waals surface area contributed by atoms with E-state index in [9.17, 15) is 0 Å². The van der Waals surface area contributed by atoms with Gasteiger partial charge in [0.1, 0.15) is 0 Å². The maximum absolute atomic E-state index is 4.20. The Morgan fingerprint density at radius 2 is 2.36 bits per heavy atom. The van der Waals surface area contributed by atoms with Crippen molar-refractivity contribution in [3.63, 3.8) is 0 Å². The summed E-state index contributed by atoms with van der Waals surface area (Å²) in [5, 5.41) is 7.67. The molecule has 0 saturated carbocycles. The third kappa shape index (κ3) is 3.03. The van der Waals surface area contributed by atoms with E-state index in [1.54, 1.807) is 0 Å². The Hall–Kier alpha value is -0.480. The molecule has 0 radical (unpaired) electrons. The van der Waals surface area contributed by atoms with E-state index < -0.39 is 0 Å². The molecule has 0 fully saturated rings. The molecule has 0 spiro atoms. The van der Waals surface area contributed by atoms with Crippen LogP contribution in [0.2, 0.25) is 0 Å². The van der Waals surface area contributed by atoms with Gasteiger partial charge in [0.05, 0.1) is 11.7 Å². The van der Waals surface area contributed by atoms with E-state index in [4.69, 9.17) is 0 Å². The molecule has 1 unspecified atom stereocenters. The molecule has 0 aromatic carbocycles. The quantitative estimate of drug-likeness (QED) is 0.782. The Morgan fingerprint density at radius 3 is 2.86 bits per heavy atom. The number of thioether (sulfide) groups is 1. The smallest absolute Gasteiger partial charge is 0.0583 e. The lowest BCUT2D eigenvalue weighted by atomic mass is 10.2. The SMILES string of the molecule is CCNC(CSCC)c1ccnn1C. The first-order chi connectivity index (χ1) is 6.79. The molecule has 1 N–H and O–H groups in total. The number of nitrogens with one attached hydrogen (secondary N) is 1. The van der Waals surface area contributed by atoms with Crippen molar-refractivity contribution >= 4 is 11.8 Å². The van der Waals surface area contributed by atoms with Gasteiger partial charge in [-0.15, -0.1) is 0 Å². The highest BCUT2D eigenvalue weighted by atomic mass is 32.2. The summed E-state index contributed by atoms with van der Waals surface area (Å²) in [5.74, 6) is 2.28. The molecule has 0 bridgehead atoms. The van der Waals surface area contributed by atoms with Crippen LogP contribution < -0.4 is 5.32 Å². The Bertz CT molecular complexity index is 260. The Morgan fingerprint density at radius 1 is 1.57 bits per heavy atom. The van der Waals surface area contributed by atoms with Gasteiger partial charge in [0.15, 0.2) is 0 Å². The van der Waals surface area contributed by atoms with Crippen LogP contribution in [0.3, 0.4) is 0 Å². The summed E-state index contributed by atoms with van der Waals surface area (Å²) in [7, 11) is 2.00. The molecule has 0 aliphatic carbocycles. The van der Waals surface area contributed by atoms with Gasteiger partial charge in [-0.3, -0.25) is 4.68 Å². The molecule has 3 nitrogen and oxygen atoms in total. The topological polar surface area (TPSA) is 29.9 Å². The summed E-state index contributed by atoms with van der Waals surface area (Å²) >= 11 is 1.96. The number of rotatable bonds is 6. The molecule has 14 heavy (non-hydrogen) atoms. The first kappa shape index (κ1) is 11.6. The third-order valence-electron chi connectivity index (χ3n) is 2.16. The first-order valence-electron chi connectivity index (χ1n) is 5.08. The zero-order valence-corrected chi connectivity index (χ0v) is 9.97. The lowest BCUT2D eigenvalue weighted by molar-refractivity contribution is 0.553. The van der Waals surface area contributed by atoms with Crippen molar-refractivity contribution in [3.05, 3.63) is 18.0 Å². The van der Waals surface area contributed by atoms with E-state index in [1.165, 1.54) is 11.4 Å². The van der Waals surface area contributed by atoms with Gasteiger partial charge < -0.3 is 5.32 Å². The molecule has 0 saturated heterocycles. The molecular weight excluding hydrogens is 194 g/mol. The average molecular weight is 213 g/mol. The van der Waals surface area contributed by atoms with Crippen LogP contribution in [0, 0.1) is 0 Å². The first-order valence-corrected chi connectivity index (χ1v) is 6.24. The van der Waals surface area contributed by atoms with E-state index in [2.05, 4.69) is 30.3 Å². The molecule has 1 rings (SSSR count). The third-order valence-corrected chi connectivity index (χ3v) is 3.13. The zero-order chi connectivity index (χ0) is 10.4. The lowest BCUT2D eigenvalue weighted by Gasteiger charge is -2.17. The van der Waals surface area contributed by atoms with Gasteiger partial charge >= 0.3 is 0 Å². The van der Waals surface area contributed by atoms with E-state index >= 15 is 0 Å². The number of aryl methyl sites for hydroxylation is 1. The second-order valence-electron chi connectivity index (χ2n) is 3.15. The monoisotopic (exact) mass is 213 g/mol. The van der Waals surface area contributed by atoms with Crippen LogP contribution in [-0.4, -0.2) is 27.8 Å². The fourth-order valence-electron chi connectivity index (χ4n) is 1.46. The van der Waals surface area contributed by atoms with Gasteiger partial charge in [-0.25, -0.2) is 0 Å². The van der Waals surface area contributed by atoms with E-state index in [0.717, 1.165) is 12.3 Å². The number of aromatic nitrogens is 2. The number of hydrogen-bond acceptors (Lipinski definition) is 3. The van der Waals surface area contributed by atoms with Gasteiger partial charge in [0, 0.05) is 19.0 Å². The van der Waals surface area contributed by atoms with Crippen LogP contribution in [-0.2, 0) is 7.05 Å². The van der Waals surface area contributed by atoms with Crippen LogP contribution in [0.1, 0.15) is 25.6 Å². The minimum atomic E-state index is 0.428. The Labute approximate surface area is 90.3 Å². The minimum absolute atomic E-state index is 0.428. The second kappa shape index (κ2) is 6.09. The summed E-state index contributed by atoms with van der Waals surface area (Å²) in [4.78, 5) is 0. The molecule has 4 heteroatoms. The fraction of sp³-hybridized carbons (Fsp3) is 0.700. The zero-order valence-electron chi connectivity index (χ0n) is 9.16. The van der Waals surface area contributed by atoms with Crippen molar-refractivity contribution in [2.24, 2.45) is 7.05 Å². The molecule has 1 atom stereocenters. The molecule has 1 aromatic heterocycles. The molecule has 1 heterocycles. The summed E-state index contributed by atoms with van der Waals surface area (Å²) in [6, 6.07) is 2.52. The van der Waals surface area contributed by atoms with E-state index in [-0.39, 0.29) is 0 Å². The Kier molecular flexibility index (Phi) is 5.04. The maximum atomic E-state index is 4.20. The van der Waals surface area contributed by atoms with E-state index in [1.807, 2.05) is 29.7 Å². The van der Waals surface area contributed by atoms with Crippen LogP contribution in [0.15, 0.2) is 12.3 Å². The van der Waals surface area contributed by atoms with Crippen LogP contribution in [0.5, 0.6) is 0 Å². The highest BCUT2D eigenvalue weighted by Crippen LogP contribution is 2.17. The molecule has 0 amide bonds. The predicted molar refractivity (Wildman–Crippen MR) is 62.6 cm³/mol. The molecule has 80 valence electrons. The van der Waals surface area contributed by atoms with Crippen molar-refractivity contribution < 1.29 is 0 Å². The van der Waals surface area contributed by atoms with Crippen molar-refractivity contribution in [2.45, 2.75) is 19.9 Å². The van der Waals surface area contributed by atoms with Gasteiger partial charge in [-0.05, 0) is 18.4 Å². The maximum Gasteiger partial charge on any atom is 0.0583 e. The molecular formula is C10H19N3S. The number of nitrogens with zero attached hydrogens (tertiary/aromatic N) is 2.